The highest BCUT2D eigenvalue weighted by atomic mass is 16.5. The molecule has 0 radical (unpaired) electrons. The summed E-state index contributed by atoms with van der Waals surface area (Å²) in [5, 5.41) is 3.27. The van der Waals surface area contributed by atoms with E-state index in [-0.39, 0.29) is 11.4 Å². The lowest BCUT2D eigenvalue weighted by molar-refractivity contribution is -0.157. The van der Waals surface area contributed by atoms with Gasteiger partial charge in [0.15, 0.2) is 0 Å². The van der Waals surface area contributed by atoms with Crippen molar-refractivity contribution in [3.63, 3.8) is 0 Å². The number of ether oxygens (including phenoxy) is 1. The summed E-state index contributed by atoms with van der Waals surface area (Å²) in [6.45, 7) is 10.8. The van der Waals surface area contributed by atoms with Crippen molar-refractivity contribution in [3.8, 4) is 0 Å². The van der Waals surface area contributed by atoms with E-state index in [9.17, 15) is 4.79 Å². The summed E-state index contributed by atoms with van der Waals surface area (Å²) in [6.07, 6.45) is 1.86. The van der Waals surface area contributed by atoms with Crippen LogP contribution in [-0.2, 0) is 9.53 Å². The SMILES string of the molecule is CC(C)CCOC(=O)C1(C(C)C)CCNC1. The average Bonchev–Trinajstić information content (AvgIpc) is 2.66. The van der Waals surface area contributed by atoms with E-state index in [1.54, 1.807) is 0 Å². The molecule has 3 nitrogen and oxygen atoms in total. The van der Waals surface area contributed by atoms with Crippen LogP contribution in [0.3, 0.4) is 0 Å². The zero-order valence-electron chi connectivity index (χ0n) is 11.0. The maximum atomic E-state index is 12.1. The lowest BCUT2D eigenvalue weighted by Gasteiger charge is -2.30. The number of rotatable bonds is 5. The molecule has 0 bridgehead atoms. The first-order valence-electron chi connectivity index (χ1n) is 6.37. The van der Waals surface area contributed by atoms with Crippen molar-refractivity contribution < 1.29 is 9.53 Å². The second kappa shape index (κ2) is 5.67. The molecule has 1 aliphatic heterocycles. The molecule has 1 N–H and O–H groups in total. The molecule has 1 saturated heterocycles. The van der Waals surface area contributed by atoms with Crippen LogP contribution in [0.4, 0.5) is 0 Å². The maximum Gasteiger partial charge on any atom is 0.313 e. The van der Waals surface area contributed by atoms with E-state index in [4.69, 9.17) is 4.74 Å². The molecule has 0 aromatic rings. The minimum absolute atomic E-state index is 0.00634. The van der Waals surface area contributed by atoms with E-state index in [1.165, 1.54) is 0 Å². The highest BCUT2D eigenvalue weighted by molar-refractivity contribution is 5.78. The lowest BCUT2D eigenvalue weighted by Crippen LogP contribution is -2.40. The van der Waals surface area contributed by atoms with E-state index >= 15 is 0 Å². The minimum Gasteiger partial charge on any atom is -0.465 e. The zero-order valence-corrected chi connectivity index (χ0v) is 11.0. The summed E-state index contributed by atoms with van der Waals surface area (Å²) in [5.41, 5.74) is -0.281. The van der Waals surface area contributed by atoms with Crippen LogP contribution in [0.5, 0.6) is 0 Å². The van der Waals surface area contributed by atoms with Crippen molar-refractivity contribution in [2.24, 2.45) is 17.3 Å². The summed E-state index contributed by atoms with van der Waals surface area (Å²) >= 11 is 0. The third kappa shape index (κ3) is 2.97. The van der Waals surface area contributed by atoms with E-state index in [1.807, 2.05) is 0 Å². The molecule has 0 aliphatic carbocycles. The normalized spacial score (nSPS) is 25.4. The molecule has 0 amide bonds. The summed E-state index contributed by atoms with van der Waals surface area (Å²) < 4.78 is 5.42. The van der Waals surface area contributed by atoms with Gasteiger partial charge in [0.05, 0.1) is 12.0 Å². The summed E-state index contributed by atoms with van der Waals surface area (Å²) in [7, 11) is 0. The van der Waals surface area contributed by atoms with Crippen LogP contribution < -0.4 is 5.32 Å². The second-order valence-electron chi connectivity index (χ2n) is 5.56. The predicted molar refractivity (Wildman–Crippen MR) is 65.2 cm³/mol. The van der Waals surface area contributed by atoms with Crippen LogP contribution in [0.15, 0.2) is 0 Å². The molecule has 1 heterocycles. The van der Waals surface area contributed by atoms with Gasteiger partial charge in [0.2, 0.25) is 0 Å². The average molecular weight is 227 g/mol. The van der Waals surface area contributed by atoms with Gasteiger partial charge >= 0.3 is 5.97 Å². The molecule has 1 fully saturated rings. The van der Waals surface area contributed by atoms with Crippen molar-refractivity contribution in [3.05, 3.63) is 0 Å². The second-order valence-corrected chi connectivity index (χ2v) is 5.56. The molecule has 94 valence electrons. The van der Waals surface area contributed by atoms with Gasteiger partial charge in [0.1, 0.15) is 0 Å². The molecule has 3 heteroatoms. The first kappa shape index (κ1) is 13.5. The fourth-order valence-electron chi connectivity index (χ4n) is 2.15. The zero-order chi connectivity index (χ0) is 12.2. The van der Waals surface area contributed by atoms with Crippen LogP contribution >= 0.6 is 0 Å². The molecule has 0 saturated carbocycles. The van der Waals surface area contributed by atoms with Gasteiger partial charge in [-0.05, 0) is 31.2 Å². The Morgan fingerprint density at radius 2 is 2.06 bits per heavy atom. The van der Waals surface area contributed by atoms with Gasteiger partial charge in [-0.3, -0.25) is 4.79 Å². The summed E-state index contributed by atoms with van der Waals surface area (Å²) in [4.78, 5) is 12.1. The van der Waals surface area contributed by atoms with Gasteiger partial charge < -0.3 is 10.1 Å². The number of nitrogens with one attached hydrogen (secondary N) is 1. The Morgan fingerprint density at radius 1 is 1.38 bits per heavy atom. The van der Waals surface area contributed by atoms with E-state index < -0.39 is 0 Å². The van der Waals surface area contributed by atoms with Gasteiger partial charge in [0.25, 0.3) is 0 Å². The minimum atomic E-state index is -0.281. The molecule has 0 aromatic heterocycles. The molecular formula is C13H25NO2. The highest BCUT2D eigenvalue weighted by Gasteiger charge is 2.45. The molecule has 16 heavy (non-hydrogen) atoms. The molecule has 0 aromatic carbocycles. The Morgan fingerprint density at radius 3 is 2.50 bits per heavy atom. The third-order valence-corrected chi connectivity index (χ3v) is 3.63. The van der Waals surface area contributed by atoms with E-state index in [0.29, 0.717) is 18.4 Å². The largest absolute Gasteiger partial charge is 0.465 e. The molecule has 1 atom stereocenters. The van der Waals surface area contributed by atoms with Crippen molar-refractivity contribution in [2.75, 3.05) is 19.7 Å². The van der Waals surface area contributed by atoms with Crippen LogP contribution in [0, 0.1) is 17.3 Å². The Hall–Kier alpha value is -0.570. The Bertz CT molecular complexity index is 230. The number of hydrogen-bond donors (Lipinski definition) is 1. The molecule has 1 aliphatic rings. The smallest absolute Gasteiger partial charge is 0.313 e. The van der Waals surface area contributed by atoms with Crippen molar-refractivity contribution in [1.82, 2.24) is 5.32 Å². The van der Waals surface area contributed by atoms with E-state index in [0.717, 1.165) is 25.9 Å². The van der Waals surface area contributed by atoms with Crippen molar-refractivity contribution >= 4 is 5.97 Å². The number of carbonyl (C=O) groups is 1. The standard InChI is InChI=1S/C13H25NO2/c1-10(2)5-8-16-12(15)13(11(3)4)6-7-14-9-13/h10-11,14H,5-9H2,1-4H3. The quantitative estimate of drug-likeness (QED) is 0.732. The van der Waals surface area contributed by atoms with Gasteiger partial charge in [-0.1, -0.05) is 27.7 Å². The van der Waals surface area contributed by atoms with Gasteiger partial charge in [-0.15, -0.1) is 0 Å². The summed E-state index contributed by atoms with van der Waals surface area (Å²) in [6, 6.07) is 0. The number of esters is 1. The topological polar surface area (TPSA) is 38.3 Å². The summed E-state index contributed by atoms with van der Waals surface area (Å²) in [5.74, 6) is 0.923. The predicted octanol–water partition coefficient (Wildman–Crippen LogP) is 2.21. The number of hydrogen-bond acceptors (Lipinski definition) is 3. The fourth-order valence-corrected chi connectivity index (χ4v) is 2.15. The van der Waals surface area contributed by atoms with Crippen LogP contribution in [0.2, 0.25) is 0 Å². The van der Waals surface area contributed by atoms with Gasteiger partial charge in [-0.25, -0.2) is 0 Å². The number of carbonyl (C=O) groups excluding carboxylic acids is 1. The maximum absolute atomic E-state index is 12.1. The third-order valence-electron chi connectivity index (χ3n) is 3.63. The first-order chi connectivity index (χ1) is 7.49. The lowest BCUT2D eigenvalue weighted by atomic mass is 9.76. The fraction of sp³-hybridized carbons (Fsp3) is 0.923. The van der Waals surface area contributed by atoms with Gasteiger partial charge in [0, 0.05) is 6.54 Å². The van der Waals surface area contributed by atoms with Gasteiger partial charge in [-0.2, -0.15) is 0 Å². The highest BCUT2D eigenvalue weighted by Crippen LogP contribution is 2.35. The molecule has 0 spiro atoms. The molecular weight excluding hydrogens is 202 g/mol. The first-order valence-corrected chi connectivity index (χ1v) is 6.37. The van der Waals surface area contributed by atoms with E-state index in [2.05, 4.69) is 33.0 Å². The van der Waals surface area contributed by atoms with Crippen molar-refractivity contribution in [1.29, 1.82) is 0 Å². The van der Waals surface area contributed by atoms with Crippen molar-refractivity contribution in [2.45, 2.75) is 40.5 Å². The Balaban J connectivity index is 2.49. The molecule has 1 unspecified atom stereocenters. The Kier molecular flexibility index (Phi) is 4.78. The Labute approximate surface area is 98.9 Å². The monoisotopic (exact) mass is 227 g/mol. The van der Waals surface area contributed by atoms with Crippen LogP contribution in [0.25, 0.3) is 0 Å². The van der Waals surface area contributed by atoms with Crippen LogP contribution in [0.1, 0.15) is 40.5 Å². The molecule has 1 rings (SSSR count). The van der Waals surface area contributed by atoms with Crippen LogP contribution in [-0.4, -0.2) is 25.7 Å².